The molecule has 0 heterocycles. The van der Waals surface area contributed by atoms with Gasteiger partial charge in [0.2, 0.25) is 0 Å². The van der Waals surface area contributed by atoms with Gasteiger partial charge in [0.05, 0.1) is 0 Å². The van der Waals surface area contributed by atoms with E-state index in [1.807, 2.05) is 12.1 Å². The van der Waals surface area contributed by atoms with E-state index in [9.17, 15) is 4.79 Å². The third kappa shape index (κ3) is 3.03. The predicted octanol–water partition coefficient (Wildman–Crippen LogP) is 2.52. The van der Waals surface area contributed by atoms with Gasteiger partial charge in [0.25, 0.3) is 9.04 Å². The van der Waals surface area contributed by atoms with E-state index in [1.165, 1.54) is 0 Å². The Hall–Kier alpha value is -1.09. The van der Waals surface area contributed by atoms with Gasteiger partial charge in [-0.2, -0.15) is 0 Å². The summed E-state index contributed by atoms with van der Waals surface area (Å²) in [4.78, 5) is 10.9. The van der Waals surface area contributed by atoms with E-state index < -0.39 is 9.04 Å². The summed E-state index contributed by atoms with van der Waals surface area (Å²) in [5, 5.41) is 0. The Bertz CT molecular complexity index is 290. The lowest BCUT2D eigenvalue weighted by molar-refractivity contribution is 0.101. The highest BCUT2D eigenvalue weighted by atomic mass is 28.3. The third-order valence-corrected chi connectivity index (χ3v) is 2.23. The van der Waals surface area contributed by atoms with Gasteiger partial charge in [-0.1, -0.05) is 0 Å². The van der Waals surface area contributed by atoms with Gasteiger partial charge in [0.15, 0.2) is 5.78 Å². The molecule has 1 rings (SSSR count). The Kier molecular flexibility index (Phi) is 3.25. The largest absolute Gasteiger partial charge is 0.543 e. The molecule has 0 aliphatic heterocycles. The second kappa shape index (κ2) is 4.23. The molecule has 13 heavy (non-hydrogen) atoms. The minimum atomic E-state index is -0.705. The average molecular weight is 193 g/mol. The molecule has 0 N–H and O–H groups in total. The van der Waals surface area contributed by atoms with Gasteiger partial charge in [-0.05, 0) is 44.3 Å². The van der Waals surface area contributed by atoms with Gasteiger partial charge < -0.3 is 4.43 Å². The van der Waals surface area contributed by atoms with Crippen LogP contribution in [0.2, 0.25) is 13.1 Å². The zero-order chi connectivity index (χ0) is 9.84. The Morgan fingerprint density at radius 3 is 2.15 bits per heavy atom. The molecule has 0 amide bonds. The van der Waals surface area contributed by atoms with Crippen LogP contribution in [0.15, 0.2) is 24.3 Å². The van der Waals surface area contributed by atoms with Crippen LogP contribution in [-0.2, 0) is 0 Å². The van der Waals surface area contributed by atoms with Crippen molar-refractivity contribution in [2.75, 3.05) is 0 Å². The van der Waals surface area contributed by atoms with Crippen molar-refractivity contribution in [3.63, 3.8) is 0 Å². The first kappa shape index (κ1) is 9.99. The molecule has 0 saturated carbocycles. The molecule has 3 heteroatoms. The van der Waals surface area contributed by atoms with Gasteiger partial charge in [0.1, 0.15) is 5.75 Å². The van der Waals surface area contributed by atoms with Crippen molar-refractivity contribution in [3.8, 4) is 5.75 Å². The van der Waals surface area contributed by atoms with Gasteiger partial charge in [-0.3, -0.25) is 4.79 Å². The zero-order valence-electron chi connectivity index (χ0n) is 8.13. The summed E-state index contributed by atoms with van der Waals surface area (Å²) in [6.07, 6.45) is 0. The third-order valence-electron chi connectivity index (χ3n) is 1.58. The average Bonchev–Trinajstić information content (AvgIpc) is 2.04. The number of ketones is 1. The normalized spacial score (nSPS) is 10.2. The summed E-state index contributed by atoms with van der Waals surface area (Å²) in [5.74, 6) is 0.939. The molecule has 2 nitrogen and oxygen atoms in total. The van der Waals surface area contributed by atoms with Crippen LogP contribution < -0.4 is 4.43 Å². The molecule has 0 saturated heterocycles. The molecule has 1 aromatic carbocycles. The molecule has 0 aliphatic carbocycles. The molecule has 0 aliphatic rings. The van der Waals surface area contributed by atoms with Crippen molar-refractivity contribution in [2.24, 2.45) is 0 Å². The van der Waals surface area contributed by atoms with Crippen molar-refractivity contribution < 1.29 is 9.22 Å². The van der Waals surface area contributed by atoms with Crippen molar-refractivity contribution in [1.82, 2.24) is 0 Å². The van der Waals surface area contributed by atoms with E-state index in [1.54, 1.807) is 19.1 Å². The molecule has 0 spiro atoms. The summed E-state index contributed by atoms with van der Waals surface area (Å²) < 4.78 is 5.54. The van der Waals surface area contributed by atoms with Crippen LogP contribution >= 0.6 is 0 Å². The summed E-state index contributed by atoms with van der Waals surface area (Å²) in [6.45, 7) is 5.71. The number of hydrogen-bond acceptors (Lipinski definition) is 2. The second-order valence-electron chi connectivity index (χ2n) is 3.09. The van der Waals surface area contributed by atoms with Gasteiger partial charge >= 0.3 is 0 Å². The van der Waals surface area contributed by atoms with Crippen LogP contribution in [0.5, 0.6) is 5.75 Å². The fourth-order valence-corrected chi connectivity index (χ4v) is 1.60. The number of benzene rings is 1. The molecule has 1 aromatic rings. The summed E-state index contributed by atoms with van der Waals surface area (Å²) in [7, 11) is -0.705. The van der Waals surface area contributed by atoms with Crippen molar-refractivity contribution in [2.45, 2.75) is 20.0 Å². The highest BCUT2D eigenvalue weighted by Gasteiger charge is 2.01. The molecule has 0 aromatic heterocycles. The Labute approximate surface area is 80.3 Å². The topological polar surface area (TPSA) is 26.3 Å². The highest BCUT2D eigenvalue weighted by molar-refractivity contribution is 6.49. The standard InChI is InChI=1S/C10H13O2Si/c1-8(11)9-4-6-10(7-5-9)12-13(2)3/h4-7H,1-3H3. The van der Waals surface area contributed by atoms with Crippen LogP contribution in [0.4, 0.5) is 0 Å². The van der Waals surface area contributed by atoms with Crippen molar-refractivity contribution in [1.29, 1.82) is 0 Å². The lowest BCUT2D eigenvalue weighted by Gasteiger charge is -2.07. The van der Waals surface area contributed by atoms with Crippen LogP contribution in [0.25, 0.3) is 0 Å². The van der Waals surface area contributed by atoms with Crippen molar-refractivity contribution in [3.05, 3.63) is 29.8 Å². The van der Waals surface area contributed by atoms with Crippen LogP contribution in [0.1, 0.15) is 17.3 Å². The Morgan fingerprint density at radius 1 is 1.23 bits per heavy atom. The van der Waals surface area contributed by atoms with Crippen LogP contribution in [-0.4, -0.2) is 14.8 Å². The number of carbonyl (C=O) groups excluding carboxylic acids is 1. The first-order chi connectivity index (χ1) is 6.09. The maximum absolute atomic E-state index is 10.9. The smallest absolute Gasteiger partial charge is 0.274 e. The Morgan fingerprint density at radius 2 is 1.77 bits per heavy atom. The summed E-state index contributed by atoms with van der Waals surface area (Å²) in [5.41, 5.74) is 0.730. The molecule has 0 unspecified atom stereocenters. The summed E-state index contributed by atoms with van der Waals surface area (Å²) >= 11 is 0. The zero-order valence-corrected chi connectivity index (χ0v) is 9.13. The first-order valence-electron chi connectivity index (χ1n) is 4.18. The second-order valence-corrected chi connectivity index (χ2v) is 5.11. The molecular formula is C10H13O2Si. The number of hydrogen-bond donors (Lipinski definition) is 0. The minimum absolute atomic E-state index is 0.0880. The van der Waals surface area contributed by atoms with E-state index in [4.69, 9.17) is 4.43 Å². The summed E-state index contributed by atoms with van der Waals surface area (Å²) in [6, 6.07) is 7.27. The van der Waals surface area contributed by atoms with Crippen molar-refractivity contribution >= 4 is 14.8 Å². The van der Waals surface area contributed by atoms with Crippen LogP contribution in [0, 0.1) is 0 Å². The first-order valence-corrected chi connectivity index (χ1v) is 6.59. The molecule has 0 bridgehead atoms. The van der Waals surface area contributed by atoms with Gasteiger partial charge in [-0.25, -0.2) is 0 Å². The van der Waals surface area contributed by atoms with E-state index in [-0.39, 0.29) is 5.78 Å². The highest BCUT2D eigenvalue weighted by Crippen LogP contribution is 2.13. The molecule has 0 fully saturated rings. The van der Waals surface area contributed by atoms with E-state index in [2.05, 4.69) is 13.1 Å². The number of rotatable bonds is 3. The number of Topliss-reactive ketones (excluding diaryl/α,β-unsaturated/α-hetero) is 1. The monoisotopic (exact) mass is 193 g/mol. The predicted molar refractivity (Wildman–Crippen MR) is 54.6 cm³/mol. The molecule has 69 valence electrons. The molecule has 0 atom stereocenters. The molecular weight excluding hydrogens is 180 g/mol. The molecule has 1 radical (unpaired) electrons. The lowest BCUT2D eigenvalue weighted by Crippen LogP contribution is -2.11. The van der Waals surface area contributed by atoms with E-state index in [0.717, 1.165) is 11.3 Å². The Balaban J connectivity index is 2.75. The maximum atomic E-state index is 10.9. The van der Waals surface area contributed by atoms with E-state index in [0.29, 0.717) is 0 Å². The fourth-order valence-electron chi connectivity index (χ4n) is 0.993. The maximum Gasteiger partial charge on any atom is 0.274 e. The fraction of sp³-hybridized carbons (Fsp3) is 0.300. The number of carbonyl (C=O) groups is 1. The minimum Gasteiger partial charge on any atom is -0.543 e. The van der Waals surface area contributed by atoms with E-state index >= 15 is 0 Å². The van der Waals surface area contributed by atoms with Gasteiger partial charge in [0, 0.05) is 5.56 Å². The van der Waals surface area contributed by atoms with Gasteiger partial charge in [-0.15, -0.1) is 0 Å². The SMILES string of the molecule is CC(=O)c1ccc(O[Si](C)C)cc1. The van der Waals surface area contributed by atoms with Crippen LogP contribution in [0.3, 0.4) is 0 Å². The lowest BCUT2D eigenvalue weighted by atomic mass is 10.1. The quantitative estimate of drug-likeness (QED) is 0.544.